The fraction of sp³-hybridized carbons (Fsp3) is 0.419. The summed E-state index contributed by atoms with van der Waals surface area (Å²) in [5.41, 5.74) is 4.24. The van der Waals surface area contributed by atoms with Crippen LogP contribution in [0.25, 0.3) is 0 Å². The Bertz CT molecular complexity index is 1240. The maximum atomic E-state index is 10.3. The maximum Gasteiger partial charge on any atom is 0.200 e. The molecule has 7 nitrogen and oxygen atoms in total. The fourth-order valence-corrected chi connectivity index (χ4v) is 5.08. The monoisotopic (exact) mass is 522 g/mol. The minimum absolute atomic E-state index is 0.0411. The van der Waals surface area contributed by atoms with E-state index in [1.165, 1.54) is 25.3 Å². The molecule has 38 heavy (non-hydrogen) atoms. The number of aromatic hydroxyl groups is 1. The molecule has 1 heterocycles. The normalized spacial score (nSPS) is 16.8. The maximum absolute atomic E-state index is 10.3. The summed E-state index contributed by atoms with van der Waals surface area (Å²) in [6.07, 6.45) is 2.26. The van der Waals surface area contributed by atoms with Gasteiger partial charge in [-0.1, -0.05) is 39.3 Å². The predicted octanol–water partition coefficient (Wildman–Crippen LogP) is 7.15. The van der Waals surface area contributed by atoms with Gasteiger partial charge < -0.3 is 33.5 Å². The van der Waals surface area contributed by atoms with Crippen LogP contribution in [0.5, 0.6) is 40.2 Å². The standard InChI is InChI=1S/C31H38O7/c1-8-10-19-13-22-18(3)30(38-31(22)28(14-19)36-7)20-11-12-24(25(15-20)33-4)37-23(9-2)21-16-26(34-5)29(32)27(17-21)35-6/h11-18,23,30,32H,8-10H2,1-7H3. The average molecular weight is 523 g/mol. The third-order valence-corrected chi connectivity index (χ3v) is 7.12. The van der Waals surface area contributed by atoms with Crippen LogP contribution < -0.4 is 28.4 Å². The van der Waals surface area contributed by atoms with E-state index in [2.05, 4.69) is 26.0 Å². The Kier molecular flexibility index (Phi) is 8.45. The first-order valence-electron chi connectivity index (χ1n) is 13.1. The molecule has 3 atom stereocenters. The van der Waals surface area contributed by atoms with Crippen molar-refractivity contribution in [3.8, 4) is 40.2 Å². The van der Waals surface area contributed by atoms with Gasteiger partial charge in [0.05, 0.1) is 28.4 Å². The summed E-state index contributed by atoms with van der Waals surface area (Å²) in [5, 5.41) is 10.3. The Morgan fingerprint density at radius 3 is 2.05 bits per heavy atom. The summed E-state index contributed by atoms with van der Waals surface area (Å²) in [5.74, 6) is 3.57. The average Bonchev–Trinajstić information content (AvgIpc) is 3.27. The lowest BCUT2D eigenvalue weighted by Gasteiger charge is -2.23. The van der Waals surface area contributed by atoms with Crippen LogP contribution in [0.1, 0.15) is 74.0 Å². The molecule has 0 saturated carbocycles. The predicted molar refractivity (Wildman–Crippen MR) is 147 cm³/mol. The first-order chi connectivity index (χ1) is 18.4. The van der Waals surface area contributed by atoms with Crippen molar-refractivity contribution >= 4 is 0 Å². The van der Waals surface area contributed by atoms with Crippen molar-refractivity contribution in [2.75, 3.05) is 28.4 Å². The topological polar surface area (TPSA) is 75.6 Å². The lowest BCUT2D eigenvalue weighted by Crippen LogP contribution is -2.10. The Morgan fingerprint density at radius 2 is 1.47 bits per heavy atom. The number of benzene rings is 3. The van der Waals surface area contributed by atoms with Gasteiger partial charge in [-0.25, -0.2) is 0 Å². The zero-order valence-electron chi connectivity index (χ0n) is 23.3. The molecule has 3 unspecified atom stereocenters. The van der Waals surface area contributed by atoms with E-state index in [1.54, 1.807) is 26.4 Å². The van der Waals surface area contributed by atoms with Crippen molar-refractivity contribution < 1.29 is 33.5 Å². The van der Waals surface area contributed by atoms with Gasteiger partial charge in [-0.3, -0.25) is 0 Å². The molecular formula is C31H38O7. The fourth-order valence-electron chi connectivity index (χ4n) is 5.08. The van der Waals surface area contributed by atoms with Crippen molar-refractivity contribution in [1.29, 1.82) is 0 Å². The first-order valence-corrected chi connectivity index (χ1v) is 13.1. The number of ether oxygens (including phenoxy) is 6. The largest absolute Gasteiger partial charge is 0.502 e. The zero-order chi connectivity index (χ0) is 27.4. The van der Waals surface area contributed by atoms with Crippen molar-refractivity contribution in [1.82, 2.24) is 0 Å². The quantitative estimate of drug-likeness (QED) is 0.287. The molecule has 0 spiro atoms. The highest BCUT2D eigenvalue weighted by Gasteiger charge is 2.35. The number of fused-ring (bicyclic) bond motifs is 1. The molecule has 0 aromatic heterocycles. The van der Waals surface area contributed by atoms with E-state index in [4.69, 9.17) is 28.4 Å². The molecule has 1 aliphatic rings. The summed E-state index contributed by atoms with van der Waals surface area (Å²) in [4.78, 5) is 0. The van der Waals surface area contributed by atoms with Gasteiger partial charge in [-0.05, 0) is 59.9 Å². The number of hydrogen-bond acceptors (Lipinski definition) is 7. The van der Waals surface area contributed by atoms with Crippen molar-refractivity contribution in [3.63, 3.8) is 0 Å². The lowest BCUT2D eigenvalue weighted by molar-refractivity contribution is 0.189. The van der Waals surface area contributed by atoms with Crippen LogP contribution in [-0.2, 0) is 6.42 Å². The molecule has 0 aliphatic carbocycles. The van der Waals surface area contributed by atoms with E-state index in [1.807, 2.05) is 25.1 Å². The molecule has 0 amide bonds. The van der Waals surface area contributed by atoms with Crippen molar-refractivity contribution in [2.45, 2.75) is 58.2 Å². The van der Waals surface area contributed by atoms with Gasteiger partial charge in [-0.2, -0.15) is 0 Å². The summed E-state index contributed by atoms with van der Waals surface area (Å²) in [6, 6.07) is 13.8. The summed E-state index contributed by atoms with van der Waals surface area (Å²) in [7, 11) is 6.33. The Morgan fingerprint density at radius 1 is 0.816 bits per heavy atom. The number of aryl methyl sites for hydroxylation is 1. The van der Waals surface area contributed by atoms with Gasteiger partial charge in [0.2, 0.25) is 5.75 Å². The van der Waals surface area contributed by atoms with Gasteiger partial charge in [0, 0.05) is 11.5 Å². The van der Waals surface area contributed by atoms with E-state index < -0.39 is 0 Å². The van der Waals surface area contributed by atoms with Gasteiger partial charge >= 0.3 is 0 Å². The molecular weight excluding hydrogens is 484 g/mol. The van der Waals surface area contributed by atoms with E-state index in [9.17, 15) is 5.11 Å². The van der Waals surface area contributed by atoms with Gasteiger partial charge in [0.25, 0.3) is 0 Å². The van der Waals surface area contributed by atoms with Gasteiger partial charge in [0.15, 0.2) is 34.5 Å². The third kappa shape index (κ3) is 5.15. The minimum Gasteiger partial charge on any atom is -0.502 e. The van der Waals surface area contributed by atoms with E-state index in [0.717, 1.165) is 35.5 Å². The van der Waals surface area contributed by atoms with Crippen LogP contribution in [0.15, 0.2) is 42.5 Å². The summed E-state index contributed by atoms with van der Waals surface area (Å²) < 4.78 is 35.0. The van der Waals surface area contributed by atoms with E-state index in [0.29, 0.717) is 29.4 Å². The lowest BCUT2D eigenvalue weighted by atomic mass is 9.91. The highest BCUT2D eigenvalue weighted by molar-refractivity contribution is 5.56. The molecule has 3 aromatic carbocycles. The second-order valence-electron chi connectivity index (χ2n) is 9.49. The first kappa shape index (κ1) is 27.3. The van der Waals surface area contributed by atoms with Crippen LogP contribution >= 0.6 is 0 Å². The van der Waals surface area contributed by atoms with Crippen LogP contribution in [0, 0.1) is 0 Å². The molecule has 4 rings (SSSR count). The van der Waals surface area contributed by atoms with Gasteiger partial charge in [0.1, 0.15) is 12.2 Å². The number of phenolic OH excluding ortho intramolecular Hbond substituents is 1. The van der Waals surface area contributed by atoms with Crippen molar-refractivity contribution in [3.05, 3.63) is 64.7 Å². The van der Waals surface area contributed by atoms with Crippen LogP contribution in [0.3, 0.4) is 0 Å². The van der Waals surface area contributed by atoms with Crippen LogP contribution in [0.2, 0.25) is 0 Å². The second-order valence-corrected chi connectivity index (χ2v) is 9.49. The Hall–Kier alpha value is -3.74. The molecule has 1 aliphatic heterocycles. The summed E-state index contributed by atoms with van der Waals surface area (Å²) >= 11 is 0. The Balaban J connectivity index is 1.62. The summed E-state index contributed by atoms with van der Waals surface area (Å²) in [6.45, 7) is 6.39. The number of rotatable bonds is 11. The van der Waals surface area contributed by atoms with E-state index in [-0.39, 0.29) is 23.9 Å². The molecule has 204 valence electrons. The zero-order valence-corrected chi connectivity index (χ0v) is 23.3. The Labute approximate surface area is 225 Å². The molecule has 7 heteroatoms. The highest BCUT2D eigenvalue weighted by Crippen LogP contribution is 2.51. The minimum atomic E-state index is -0.315. The van der Waals surface area contributed by atoms with Crippen LogP contribution in [0.4, 0.5) is 0 Å². The number of methoxy groups -OCH3 is 4. The SMILES string of the molecule is CCCc1cc(OC)c2c(c1)C(C)C(c1ccc(OC(CC)c3cc(OC)c(O)c(OC)c3)c(OC)c1)O2. The molecule has 1 N–H and O–H groups in total. The highest BCUT2D eigenvalue weighted by atomic mass is 16.5. The molecule has 0 saturated heterocycles. The van der Waals surface area contributed by atoms with Crippen molar-refractivity contribution in [2.24, 2.45) is 0 Å². The second kappa shape index (κ2) is 11.8. The molecule has 0 fully saturated rings. The third-order valence-electron chi connectivity index (χ3n) is 7.12. The number of hydrogen-bond donors (Lipinski definition) is 1. The van der Waals surface area contributed by atoms with Crippen LogP contribution in [-0.4, -0.2) is 33.5 Å². The van der Waals surface area contributed by atoms with Gasteiger partial charge in [-0.15, -0.1) is 0 Å². The smallest absolute Gasteiger partial charge is 0.200 e. The van der Waals surface area contributed by atoms with E-state index >= 15 is 0 Å². The molecule has 3 aromatic rings. The number of phenols is 1. The molecule has 0 bridgehead atoms. The molecule has 0 radical (unpaired) electrons.